The summed E-state index contributed by atoms with van der Waals surface area (Å²) < 4.78 is 4.80. The van der Waals surface area contributed by atoms with Crippen molar-refractivity contribution < 1.29 is 0 Å². The summed E-state index contributed by atoms with van der Waals surface area (Å²) in [6.07, 6.45) is 3.89. The minimum atomic E-state index is -0.0588. The molecule has 0 radical (unpaired) electrons. The van der Waals surface area contributed by atoms with Gasteiger partial charge in [0.2, 0.25) is 0 Å². The molecule has 3 heteroatoms. The van der Waals surface area contributed by atoms with Crippen molar-refractivity contribution in [2.24, 2.45) is 0 Å². The van der Waals surface area contributed by atoms with Crippen molar-refractivity contribution in [3.05, 3.63) is 187 Å². The van der Waals surface area contributed by atoms with Gasteiger partial charge in [0.1, 0.15) is 0 Å². The number of benzene rings is 7. The summed E-state index contributed by atoms with van der Waals surface area (Å²) in [5.41, 5.74) is 17.3. The Morgan fingerprint density at radius 1 is 0.396 bits per heavy atom. The summed E-state index contributed by atoms with van der Waals surface area (Å²) in [5.74, 6) is 0. The predicted molar refractivity (Wildman–Crippen MR) is 221 cm³/mol. The molecule has 0 bridgehead atoms. The standard InChI is InChI=1S/C50H35N3/c1-50(2)44-14-8-6-12-38(44)39-23-22-37(30-45(39)50)53-46-15-9-7-13-40(46)41-28-34(18-24-47(41)53)35-19-25-48-42(29-35)43-31-51-27-26-49(43)52(48)36-20-16-33(17-21-36)32-10-4-3-5-11-32/h3-31H,1-2H3. The number of aromatic nitrogens is 3. The predicted octanol–water partition coefficient (Wildman–Crippen LogP) is 12.9. The van der Waals surface area contributed by atoms with Gasteiger partial charge in [0.05, 0.1) is 22.1 Å². The van der Waals surface area contributed by atoms with Gasteiger partial charge in [0.25, 0.3) is 0 Å². The molecule has 3 heterocycles. The third-order valence-electron chi connectivity index (χ3n) is 11.6. The molecule has 0 saturated heterocycles. The normalized spacial score (nSPS) is 13.2. The number of rotatable bonds is 4. The minimum Gasteiger partial charge on any atom is -0.309 e. The van der Waals surface area contributed by atoms with Crippen LogP contribution in [0, 0.1) is 0 Å². The lowest BCUT2D eigenvalue weighted by atomic mass is 9.82. The molecule has 53 heavy (non-hydrogen) atoms. The molecule has 3 aromatic heterocycles. The Labute approximate surface area is 308 Å². The fourth-order valence-electron chi connectivity index (χ4n) is 9.02. The molecular formula is C50H35N3. The molecule has 10 aromatic rings. The molecule has 0 saturated carbocycles. The second-order valence-corrected chi connectivity index (χ2v) is 14.9. The molecule has 3 nitrogen and oxygen atoms in total. The first-order valence-corrected chi connectivity index (χ1v) is 18.4. The van der Waals surface area contributed by atoms with E-state index in [0.29, 0.717) is 0 Å². The Bertz CT molecular complexity index is 3070. The van der Waals surface area contributed by atoms with Gasteiger partial charge in [-0.05, 0) is 105 Å². The number of hydrogen-bond acceptors (Lipinski definition) is 1. The Hall–Kier alpha value is -6.71. The van der Waals surface area contributed by atoms with E-state index >= 15 is 0 Å². The van der Waals surface area contributed by atoms with Gasteiger partial charge in [-0.15, -0.1) is 0 Å². The zero-order chi connectivity index (χ0) is 35.3. The summed E-state index contributed by atoms with van der Waals surface area (Å²) in [4.78, 5) is 4.56. The van der Waals surface area contributed by atoms with Crippen LogP contribution in [0.1, 0.15) is 25.0 Å². The highest BCUT2D eigenvalue weighted by Crippen LogP contribution is 2.49. The lowest BCUT2D eigenvalue weighted by Crippen LogP contribution is -2.15. The van der Waals surface area contributed by atoms with Crippen LogP contribution in [0.15, 0.2) is 176 Å². The highest BCUT2D eigenvalue weighted by molar-refractivity contribution is 6.12. The average molecular weight is 678 g/mol. The fourth-order valence-corrected chi connectivity index (χ4v) is 9.02. The van der Waals surface area contributed by atoms with Crippen molar-refractivity contribution in [2.45, 2.75) is 19.3 Å². The third kappa shape index (κ3) is 4.37. The Balaban J connectivity index is 1.04. The number of hydrogen-bond donors (Lipinski definition) is 0. The highest BCUT2D eigenvalue weighted by Gasteiger charge is 2.35. The molecule has 0 N–H and O–H groups in total. The maximum atomic E-state index is 4.56. The summed E-state index contributed by atoms with van der Waals surface area (Å²) >= 11 is 0. The monoisotopic (exact) mass is 677 g/mol. The molecule has 0 amide bonds. The van der Waals surface area contributed by atoms with Crippen molar-refractivity contribution in [3.63, 3.8) is 0 Å². The minimum absolute atomic E-state index is 0.0588. The maximum Gasteiger partial charge on any atom is 0.0571 e. The van der Waals surface area contributed by atoms with Crippen LogP contribution < -0.4 is 0 Å². The zero-order valence-electron chi connectivity index (χ0n) is 29.6. The van der Waals surface area contributed by atoms with Gasteiger partial charge in [-0.25, -0.2) is 0 Å². The van der Waals surface area contributed by atoms with E-state index in [1.54, 1.807) is 0 Å². The van der Waals surface area contributed by atoms with Gasteiger partial charge >= 0.3 is 0 Å². The molecular weight excluding hydrogens is 643 g/mol. The van der Waals surface area contributed by atoms with Crippen LogP contribution in [0.4, 0.5) is 0 Å². The van der Waals surface area contributed by atoms with Gasteiger partial charge in [0.15, 0.2) is 0 Å². The van der Waals surface area contributed by atoms with Gasteiger partial charge < -0.3 is 9.13 Å². The van der Waals surface area contributed by atoms with Gasteiger partial charge in [-0.1, -0.05) is 117 Å². The van der Waals surface area contributed by atoms with Crippen LogP contribution in [0.5, 0.6) is 0 Å². The van der Waals surface area contributed by atoms with Crippen molar-refractivity contribution in [2.75, 3.05) is 0 Å². The second kappa shape index (κ2) is 11.1. The van der Waals surface area contributed by atoms with Crippen LogP contribution in [0.2, 0.25) is 0 Å². The lowest BCUT2D eigenvalue weighted by molar-refractivity contribution is 0.660. The first-order valence-electron chi connectivity index (χ1n) is 18.4. The van der Waals surface area contributed by atoms with Crippen LogP contribution in [-0.2, 0) is 5.41 Å². The highest BCUT2D eigenvalue weighted by atomic mass is 15.0. The van der Waals surface area contributed by atoms with Gasteiger partial charge in [-0.2, -0.15) is 0 Å². The molecule has 0 fully saturated rings. The SMILES string of the molecule is CC1(C)c2ccccc2-c2ccc(-n3c4ccccc4c4cc(-c5ccc6c(c5)c5cnccc5n6-c5ccc(-c6ccccc6)cc5)ccc43)cc21. The van der Waals surface area contributed by atoms with E-state index < -0.39 is 0 Å². The van der Waals surface area contributed by atoms with Crippen LogP contribution >= 0.6 is 0 Å². The van der Waals surface area contributed by atoms with E-state index in [2.05, 4.69) is 192 Å². The largest absolute Gasteiger partial charge is 0.309 e. The van der Waals surface area contributed by atoms with Crippen molar-refractivity contribution >= 4 is 43.6 Å². The van der Waals surface area contributed by atoms with E-state index in [-0.39, 0.29) is 5.41 Å². The molecule has 0 unspecified atom stereocenters. The molecule has 1 aliphatic rings. The van der Waals surface area contributed by atoms with Crippen LogP contribution in [0.25, 0.3) is 88.4 Å². The van der Waals surface area contributed by atoms with Gasteiger partial charge in [-0.3, -0.25) is 4.98 Å². The van der Waals surface area contributed by atoms with Crippen molar-refractivity contribution in [1.29, 1.82) is 0 Å². The third-order valence-corrected chi connectivity index (χ3v) is 11.6. The van der Waals surface area contributed by atoms with Crippen LogP contribution in [0.3, 0.4) is 0 Å². The van der Waals surface area contributed by atoms with E-state index in [1.807, 2.05) is 12.4 Å². The Morgan fingerprint density at radius 3 is 1.75 bits per heavy atom. The molecule has 0 aliphatic heterocycles. The fraction of sp³-hybridized carbons (Fsp3) is 0.0600. The van der Waals surface area contributed by atoms with E-state index in [4.69, 9.17) is 0 Å². The topological polar surface area (TPSA) is 22.8 Å². The molecule has 0 spiro atoms. The van der Waals surface area contributed by atoms with Gasteiger partial charge in [0, 0.05) is 50.7 Å². The van der Waals surface area contributed by atoms with E-state index in [1.165, 1.54) is 82.9 Å². The van der Waals surface area contributed by atoms with E-state index in [0.717, 1.165) is 16.6 Å². The second-order valence-electron chi connectivity index (χ2n) is 14.9. The smallest absolute Gasteiger partial charge is 0.0571 e. The van der Waals surface area contributed by atoms with Crippen molar-refractivity contribution in [1.82, 2.24) is 14.1 Å². The molecule has 7 aromatic carbocycles. The zero-order valence-corrected chi connectivity index (χ0v) is 29.6. The number of nitrogens with zero attached hydrogens (tertiary/aromatic N) is 3. The molecule has 11 rings (SSSR count). The lowest BCUT2D eigenvalue weighted by Gasteiger charge is -2.22. The first kappa shape index (κ1) is 30.0. The summed E-state index contributed by atoms with van der Waals surface area (Å²) in [6, 6.07) is 60.1. The first-order chi connectivity index (χ1) is 26.0. The molecule has 0 atom stereocenters. The van der Waals surface area contributed by atoms with E-state index in [9.17, 15) is 0 Å². The Kier molecular flexibility index (Phi) is 6.30. The Morgan fingerprint density at radius 2 is 0.962 bits per heavy atom. The average Bonchev–Trinajstić information content (AvgIpc) is 3.81. The summed E-state index contributed by atoms with van der Waals surface area (Å²) in [6.45, 7) is 4.71. The quantitative estimate of drug-likeness (QED) is 0.182. The number of para-hydroxylation sites is 1. The number of pyridine rings is 1. The van der Waals surface area contributed by atoms with Crippen LogP contribution in [-0.4, -0.2) is 14.1 Å². The number of fused-ring (bicyclic) bond motifs is 9. The summed E-state index contributed by atoms with van der Waals surface area (Å²) in [7, 11) is 0. The maximum absolute atomic E-state index is 4.56. The molecule has 1 aliphatic carbocycles. The van der Waals surface area contributed by atoms with Crippen molar-refractivity contribution in [3.8, 4) is 44.8 Å². The molecule has 250 valence electrons. The summed E-state index contributed by atoms with van der Waals surface area (Å²) in [5, 5.41) is 4.86.